The number of hydrogen-bond acceptors (Lipinski definition) is 2. The van der Waals surface area contributed by atoms with Gasteiger partial charge in [0.2, 0.25) is 0 Å². The topological polar surface area (TPSA) is 34.1 Å². The standard InChI is InChI=1S/C23H25O2PS/c1-2-3-19-27(25)23(20-13-7-4-8-14-20)26(24,21-15-9-5-10-16-21)22-17-11-6-12-18-22/h4-18,23H,2-3,19H2,1H3/t23-,27+/m1/s1. The van der Waals surface area contributed by atoms with Crippen LogP contribution in [0.5, 0.6) is 0 Å². The van der Waals surface area contributed by atoms with E-state index >= 15 is 0 Å². The Morgan fingerprint density at radius 2 is 1.22 bits per heavy atom. The summed E-state index contributed by atoms with van der Waals surface area (Å²) >= 11 is 0. The molecule has 4 heteroatoms. The van der Waals surface area contributed by atoms with Crippen LogP contribution in [0.2, 0.25) is 0 Å². The fourth-order valence-electron chi connectivity index (χ4n) is 3.26. The zero-order valence-corrected chi connectivity index (χ0v) is 17.2. The first-order valence-corrected chi connectivity index (χ1v) is 12.5. The van der Waals surface area contributed by atoms with Gasteiger partial charge in [-0.3, -0.25) is 4.21 Å². The highest BCUT2D eigenvalue weighted by molar-refractivity contribution is 7.98. The summed E-state index contributed by atoms with van der Waals surface area (Å²) in [7, 11) is -4.39. The lowest BCUT2D eigenvalue weighted by molar-refractivity contribution is 0.584. The van der Waals surface area contributed by atoms with Crippen molar-refractivity contribution in [1.82, 2.24) is 0 Å². The lowest BCUT2D eigenvalue weighted by Gasteiger charge is -2.28. The van der Waals surface area contributed by atoms with Gasteiger partial charge in [-0.2, -0.15) is 0 Å². The van der Waals surface area contributed by atoms with Crippen LogP contribution in [0.25, 0.3) is 0 Å². The normalized spacial score (nSPS) is 13.8. The Morgan fingerprint density at radius 3 is 1.67 bits per heavy atom. The molecular weight excluding hydrogens is 371 g/mol. The molecular formula is C23H25O2PS. The first kappa shape index (κ1) is 19.8. The Hall–Kier alpha value is -1.96. The third-order valence-electron chi connectivity index (χ3n) is 4.64. The molecule has 0 aliphatic carbocycles. The van der Waals surface area contributed by atoms with E-state index in [9.17, 15) is 8.77 Å². The monoisotopic (exact) mass is 396 g/mol. The molecule has 0 fully saturated rings. The zero-order chi connectivity index (χ0) is 19.1. The van der Waals surface area contributed by atoms with E-state index < -0.39 is 22.9 Å². The highest BCUT2D eigenvalue weighted by atomic mass is 32.2. The van der Waals surface area contributed by atoms with Crippen molar-refractivity contribution in [3.8, 4) is 0 Å². The van der Waals surface area contributed by atoms with Gasteiger partial charge >= 0.3 is 0 Å². The van der Waals surface area contributed by atoms with E-state index in [2.05, 4.69) is 6.92 Å². The molecule has 2 nitrogen and oxygen atoms in total. The van der Waals surface area contributed by atoms with Gasteiger partial charge in [-0.05, 0) is 12.0 Å². The van der Waals surface area contributed by atoms with Gasteiger partial charge < -0.3 is 4.57 Å². The van der Waals surface area contributed by atoms with Crippen molar-refractivity contribution in [3.63, 3.8) is 0 Å². The molecule has 27 heavy (non-hydrogen) atoms. The predicted octanol–water partition coefficient (Wildman–Crippen LogP) is 5.25. The Balaban J connectivity index is 2.23. The number of rotatable bonds is 8. The molecule has 0 aliphatic heterocycles. The van der Waals surface area contributed by atoms with Crippen molar-refractivity contribution in [3.05, 3.63) is 96.6 Å². The SMILES string of the molecule is CCCC[S@](=O)[C@H](c1ccccc1)P(=O)(c1ccccc1)c1ccccc1. The third kappa shape index (κ3) is 4.31. The van der Waals surface area contributed by atoms with Gasteiger partial charge in [0.05, 0.1) is 0 Å². The number of benzene rings is 3. The van der Waals surface area contributed by atoms with Crippen LogP contribution in [0.1, 0.15) is 30.3 Å². The average molecular weight is 396 g/mol. The van der Waals surface area contributed by atoms with Crippen LogP contribution < -0.4 is 10.6 Å². The Bertz CT molecular complexity index is 867. The molecule has 3 aromatic carbocycles. The van der Waals surface area contributed by atoms with Crippen LogP contribution in [-0.2, 0) is 15.4 Å². The van der Waals surface area contributed by atoms with Crippen molar-refractivity contribution in [2.45, 2.75) is 24.8 Å². The maximum Gasteiger partial charge on any atom is 0.162 e. The molecule has 0 amide bonds. The minimum atomic E-state index is -3.15. The van der Waals surface area contributed by atoms with Crippen LogP contribution in [0.4, 0.5) is 0 Å². The van der Waals surface area contributed by atoms with E-state index in [-0.39, 0.29) is 0 Å². The predicted molar refractivity (Wildman–Crippen MR) is 117 cm³/mol. The molecule has 0 aliphatic rings. The van der Waals surface area contributed by atoms with Gasteiger partial charge in [-0.1, -0.05) is 104 Å². The van der Waals surface area contributed by atoms with Crippen LogP contribution in [0.15, 0.2) is 91.0 Å². The van der Waals surface area contributed by atoms with Crippen molar-refractivity contribution in [2.75, 3.05) is 5.75 Å². The molecule has 0 bridgehead atoms. The highest BCUT2D eigenvalue weighted by Crippen LogP contribution is 2.58. The third-order valence-corrected chi connectivity index (χ3v) is 10.8. The van der Waals surface area contributed by atoms with Crippen LogP contribution in [0, 0.1) is 0 Å². The first-order chi connectivity index (χ1) is 13.2. The summed E-state index contributed by atoms with van der Waals surface area (Å²) in [5.41, 5.74) is 0.878. The smallest absolute Gasteiger partial charge is 0.162 e. The maximum absolute atomic E-state index is 14.7. The molecule has 0 unspecified atom stereocenters. The van der Waals surface area contributed by atoms with Gasteiger partial charge in [-0.25, -0.2) is 0 Å². The summed E-state index contributed by atoms with van der Waals surface area (Å²) < 4.78 is 28.2. The minimum absolute atomic E-state index is 0.546. The number of unbranched alkanes of at least 4 members (excludes halogenated alkanes) is 1. The van der Waals surface area contributed by atoms with Gasteiger partial charge in [0.15, 0.2) is 7.14 Å². The lowest BCUT2D eigenvalue weighted by atomic mass is 10.2. The molecule has 0 saturated carbocycles. The summed E-state index contributed by atoms with van der Waals surface area (Å²) in [6.45, 7) is 2.09. The molecule has 0 saturated heterocycles. The fraction of sp³-hybridized carbons (Fsp3) is 0.217. The van der Waals surface area contributed by atoms with Crippen LogP contribution >= 0.6 is 7.14 Å². The van der Waals surface area contributed by atoms with Crippen LogP contribution in [-0.4, -0.2) is 9.96 Å². The van der Waals surface area contributed by atoms with E-state index in [1.807, 2.05) is 91.0 Å². The Labute approximate surface area is 164 Å². The molecule has 0 N–H and O–H groups in total. The second kappa shape index (κ2) is 9.30. The van der Waals surface area contributed by atoms with Crippen molar-refractivity contribution < 1.29 is 8.77 Å². The molecule has 0 heterocycles. The van der Waals surface area contributed by atoms with E-state index in [0.29, 0.717) is 5.75 Å². The summed E-state index contributed by atoms with van der Waals surface area (Å²) in [5.74, 6) is 0.555. The molecule has 0 aromatic heterocycles. The molecule has 2 atom stereocenters. The van der Waals surface area contributed by atoms with Gasteiger partial charge in [-0.15, -0.1) is 0 Å². The van der Waals surface area contributed by atoms with Gasteiger partial charge in [0, 0.05) is 27.2 Å². The summed E-state index contributed by atoms with van der Waals surface area (Å²) in [4.78, 5) is -0.546. The van der Waals surface area contributed by atoms with E-state index in [1.165, 1.54) is 0 Å². The largest absolute Gasteiger partial charge is 0.312 e. The summed E-state index contributed by atoms with van der Waals surface area (Å²) in [6, 6.07) is 28.8. The summed E-state index contributed by atoms with van der Waals surface area (Å²) in [6.07, 6.45) is 1.83. The lowest BCUT2D eigenvalue weighted by Crippen LogP contribution is -2.25. The molecule has 140 valence electrons. The maximum atomic E-state index is 14.7. The van der Waals surface area contributed by atoms with E-state index in [1.54, 1.807) is 0 Å². The summed E-state index contributed by atoms with van der Waals surface area (Å²) in [5, 5.41) is 1.52. The highest BCUT2D eigenvalue weighted by Gasteiger charge is 2.41. The fourth-order valence-corrected chi connectivity index (χ4v) is 9.55. The second-order valence-corrected chi connectivity index (χ2v) is 11.4. The van der Waals surface area contributed by atoms with Crippen molar-refractivity contribution >= 4 is 28.6 Å². The second-order valence-electron chi connectivity index (χ2n) is 6.53. The molecule has 3 rings (SSSR count). The first-order valence-electron chi connectivity index (χ1n) is 9.31. The van der Waals surface area contributed by atoms with Gasteiger partial charge in [0.1, 0.15) is 4.99 Å². The van der Waals surface area contributed by atoms with E-state index in [4.69, 9.17) is 0 Å². The molecule has 3 aromatic rings. The number of hydrogen-bond donors (Lipinski definition) is 0. The van der Waals surface area contributed by atoms with Crippen molar-refractivity contribution in [1.29, 1.82) is 0 Å². The minimum Gasteiger partial charge on any atom is -0.312 e. The Kier molecular flexibility index (Phi) is 6.82. The molecule has 0 radical (unpaired) electrons. The van der Waals surface area contributed by atoms with Crippen LogP contribution in [0.3, 0.4) is 0 Å². The van der Waals surface area contributed by atoms with Crippen molar-refractivity contribution in [2.24, 2.45) is 0 Å². The molecule has 0 spiro atoms. The average Bonchev–Trinajstić information content (AvgIpc) is 2.74. The van der Waals surface area contributed by atoms with E-state index in [0.717, 1.165) is 29.0 Å². The Morgan fingerprint density at radius 1 is 0.778 bits per heavy atom. The zero-order valence-electron chi connectivity index (χ0n) is 15.5. The van der Waals surface area contributed by atoms with Gasteiger partial charge in [0.25, 0.3) is 0 Å². The quantitative estimate of drug-likeness (QED) is 0.488.